The Hall–Kier alpha value is -3.13. The van der Waals surface area contributed by atoms with Gasteiger partial charge in [-0.2, -0.15) is 0 Å². The summed E-state index contributed by atoms with van der Waals surface area (Å²) in [6.07, 6.45) is 0.962. The van der Waals surface area contributed by atoms with Crippen LogP contribution in [0.4, 0.5) is 5.69 Å². The van der Waals surface area contributed by atoms with E-state index >= 15 is 0 Å². The van der Waals surface area contributed by atoms with E-state index in [1.54, 1.807) is 17.7 Å². The number of nitrogens with zero attached hydrogens (tertiary/aromatic N) is 3. The van der Waals surface area contributed by atoms with Gasteiger partial charge in [-0.1, -0.05) is 24.3 Å². The maximum absolute atomic E-state index is 12.7. The molecular formula is C23H26N4O3S. The first-order valence-electron chi connectivity index (χ1n) is 10.5. The molecule has 8 heteroatoms. The molecule has 2 heterocycles. The summed E-state index contributed by atoms with van der Waals surface area (Å²) in [5.74, 6) is 0.961. The van der Waals surface area contributed by atoms with Crippen molar-refractivity contribution >= 4 is 34.7 Å². The van der Waals surface area contributed by atoms with E-state index in [-0.39, 0.29) is 11.5 Å². The topological polar surface area (TPSA) is 70.6 Å². The van der Waals surface area contributed by atoms with Crippen LogP contribution in [0.3, 0.4) is 0 Å². The Morgan fingerprint density at radius 1 is 1.06 bits per heavy atom. The van der Waals surface area contributed by atoms with Gasteiger partial charge in [0.05, 0.1) is 23.7 Å². The highest BCUT2D eigenvalue weighted by Crippen LogP contribution is 2.28. The van der Waals surface area contributed by atoms with Gasteiger partial charge in [0.2, 0.25) is 5.91 Å². The molecule has 0 saturated carbocycles. The Balaban J connectivity index is 1.33. The van der Waals surface area contributed by atoms with Gasteiger partial charge in [-0.25, -0.2) is 0 Å². The van der Waals surface area contributed by atoms with Gasteiger partial charge in [0.25, 0.3) is 5.56 Å². The molecule has 162 valence electrons. The minimum atomic E-state index is -0.114. The normalized spacial score (nSPS) is 14.1. The Labute approximate surface area is 185 Å². The summed E-state index contributed by atoms with van der Waals surface area (Å²) in [7, 11) is 1.67. The highest BCUT2D eigenvalue weighted by atomic mass is 32.1. The van der Waals surface area contributed by atoms with Gasteiger partial charge in [-0.3, -0.25) is 14.2 Å². The standard InChI is InChI=1S/C23H26N4O3S/c1-30-20-10-5-4-9-19(20)25-13-15-26(16-14-25)21(28)11-6-12-27-22(29)17-7-2-3-8-18(17)24-23(27)31/h2-5,7-10H,6,11-16H2,1H3,(H,24,31). The van der Waals surface area contributed by atoms with Crippen molar-refractivity contribution in [3.63, 3.8) is 0 Å². The summed E-state index contributed by atoms with van der Waals surface area (Å²) in [6.45, 7) is 3.30. The fourth-order valence-electron chi connectivity index (χ4n) is 4.04. The molecule has 0 spiro atoms. The maximum atomic E-state index is 12.7. The van der Waals surface area contributed by atoms with E-state index in [1.807, 2.05) is 47.4 Å². The Bertz CT molecular complexity index is 1200. The van der Waals surface area contributed by atoms with Crippen LogP contribution >= 0.6 is 12.2 Å². The highest BCUT2D eigenvalue weighted by Gasteiger charge is 2.22. The quantitative estimate of drug-likeness (QED) is 0.599. The van der Waals surface area contributed by atoms with Gasteiger partial charge >= 0.3 is 0 Å². The molecule has 0 atom stereocenters. The number of anilines is 1. The number of hydrogen-bond donors (Lipinski definition) is 1. The van der Waals surface area contributed by atoms with Crippen LogP contribution in [0.5, 0.6) is 5.75 Å². The van der Waals surface area contributed by atoms with Gasteiger partial charge in [-0.05, 0) is 42.9 Å². The van der Waals surface area contributed by atoms with E-state index < -0.39 is 0 Å². The Morgan fingerprint density at radius 3 is 2.55 bits per heavy atom. The minimum Gasteiger partial charge on any atom is -0.495 e. The van der Waals surface area contributed by atoms with Gasteiger partial charge in [0.1, 0.15) is 5.75 Å². The number of hydrogen-bond acceptors (Lipinski definition) is 5. The van der Waals surface area contributed by atoms with Crippen molar-refractivity contribution in [3.05, 3.63) is 63.7 Å². The number of benzene rings is 2. The second-order valence-electron chi connectivity index (χ2n) is 7.58. The monoisotopic (exact) mass is 438 g/mol. The molecule has 0 unspecified atom stereocenters. The zero-order valence-electron chi connectivity index (χ0n) is 17.5. The number of ether oxygens (including phenoxy) is 1. The third-order valence-corrected chi connectivity index (χ3v) is 6.04. The molecule has 1 fully saturated rings. The molecule has 0 aliphatic carbocycles. The molecule has 4 rings (SSSR count). The molecule has 0 bridgehead atoms. The van der Waals surface area contributed by atoms with Gasteiger partial charge in [0, 0.05) is 39.1 Å². The molecule has 7 nitrogen and oxygen atoms in total. The molecule has 0 radical (unpaired) electrons. The SMILES string of the molecule is COc1ccccc1N1CCN(C(=O)CCCn2c(=S)[nH]c3ccccc3c2=O)CC1. The Kier molecular flexibility index (Phi) is 6.36. The number of carbonyl (C=O) groups is 1. The lowest BCUT2D eigenvalue weighted by Gasteiger charge is -2.36. The summed E-state index contributed by atoms with van der Waals surface area (Å²) >= 11 is 5.35. The lowest BCUT2D eigenvalue weighted by atomic mass is 10.2. The summed E-state index contributed by atoms with van der Waals surface area (Å²) in [4.78, 5) is 32.7. The van der Waals surface area contributed by atoms with Crippen LogP contribution < -0.4 is 15.2 Å². The largest absolute Gasteiger partial charge is 0.495 e. The number of nitrogens with one attached hydrogen (secondary N) is 1. The minimum absolute atomic E-state index is 0.114. The van der Waals surface area contributed by atoms with Gasteiger partial charge in [-0.15, -0.1) is 0 Å². The van der Waals surface area contributed by atoms with Crippen molar-refractivity contribution in [2.75, 3.05) is 38.2 Å². The van der Waals surface area contributed by atoms with Crippen LogP contribution in [0.25, 0.3) is 10.9 Å². The molecule has 2 aromatic carbocycles. The van der Waals surface area contributed by atoms with E-state index in [4.69, 9.17) is 17.0 Å². The first-order valence-corrected chi connectivity index (χ1v) is 10.9. The predicted molar refractivity (Wildman–Crippen MR) is 124 cm³/mol. The molecular weight excluding hydrogens is 412 g/mol. The number of amides is 1. The molecule has 1 aliphatic heterocycles. The summed E-state index contributed by atoms with van der Waals surface area (Å²) in [5, 5.41) is 0.606. The maximum Gasteiger partial charge on any atom is 0.262 e. The van der Waals surface area contributed by atoms with Crippen LogP contribution in [0.2, 0.25) is 0 Å². The molecule has 3 aromatic rings. The number of carbonyl (C=O) groups excluding carboxylic acids is 1. The van der Waals surface area contributed by atoms with Gasteiger partial charge in [0.15, 0.2) is 4.77 Å². The number of H-pyrrole nitrogens is 1. The zero-order chi connectivity index (χ0) is 21.8. The predicted octanol–water partition coefficient (Wildman–Crippen LogP) is 3.20. The first-order chi connectivity index (χ1) is 15.1. The second-order valence-corrected chi connectivity index (χ2v) is 7.96. The second kappa shape index (κ2) is 9.34. The third-order valence-electron chi connectivity index (χ3n) is 5.72. The molecule has 1 aliphatic rings. The number of aromatic amines is 1. The van der Waals surface area contributed by atoms with Gasteiger partial charge < -0.3 is 19.5 Å². The van der Waals surface area contributed by atoms with Crippen molar-refractivity contribution in [1.82, 2.24) is 14.5 Å². The van der Waals surface area contributed by atoms with E-state index in [9.17, 15) is 9.59 Å². The third kappa shape index (κ3) is 4.49. The number of rotatable bonds is 6. The van der Waals surface area contributed by atoms with Crippen molar-refractivity contribution in [1.29, 1.82) is 0 Å². The average molecular weight is 439 g/mol. The van der Waals surface area contributed by atoms with Crippen LogP contribution in [-0.2, 0) is 11.3 Å². The average Bonchev–Trinajstić information content (AvgIpc) is 2.81. The number of aromatic nitrogens is 2. The van der Waals surface area contributed by atoms with E-state index in [2.05, 4.69) is 9.88 Å². The number of para-hydroxylation sites is 3. The summed E-state index contributed by atoms with van der Waals surface area (Å²) in [5.41, 5.74) is 1.68. The first kappa shape index (κ1) is 21.1. The van der Waals surface area contributed by atoms with E-state index in [1.165, 1.54) is 0 Å². The summed E-state index contributed by atoms with van der Waals surface area (Å²) < 4.78 is 7.39. The van der Waals surface area contributed by atoms with E-state index in [0.29, 0.717) is 42.6 Å². The van der Waals surface area contributed by atoms with E-state index in [0.717, 1.165) is 30.0 Å². The fraction of sp³-hybridized carbons (Fsp3) is 0.348. The summed E-state index contributed by atoms with van der Waals surface area (Å²) in [6, 6.07) is 15.3. The molecule has 1 amide bonds. The van der Waals surface area contributed by atoms with Crippen molar-refractivity contribution in [2.24, 2.45) is 0 Å². The van der Waals surface area contributed by atoms with Crippen molar-refractivity contribution in [2.45, 2.75) is 19.4 Å². The molecule has 1 saturated heterocycles. The van der Waals surface area contributed by atoms with Crippen LogP contribution in [0.15, 0.2) is 53.3 Å². The van der Waals surface area contributed by atoms with Crippen LogP contribution in [-0.4, -0.2) is 53.6 Å². The number of methoxy groups -OCH3 is 1. The lowest BCUT2D eigenvalue weighted by Crippen LogP contribution is -2.48. The molecule has 31 heavy (non-hydrogen) atoms. The number of fused-ring (bicyclic) bond motifs is 1. The van der Waals surface area contributed by atoms with Crippen molar-refractivity contribution < 1.29 is 9.53 Å². The lowest BCUT2D eigenvalue weighted by molar-refractivity contribution is -0.131. The molecule has 1 N–H and O–H groups in total. The smallest absolute Gasteiger partial charge is 0.262 e. The highest BCUT2D eigenvalue weighted by molar-refractivity contribution is 7.71. The van der Waals surface area contributed by atoms with Crippen LogP contribution in [0, 0.1) is 4.77 Å². The zero-order valence-corrected chi connectivity index (χ0v) is 18.4. The fourth-order valence-corrected chi connectivity index (χ4v) is 4.32. The van der Waals surface area contributed by atoms with Crippen molar-refractivity contribution in [3.8, 4) is 5.75 Å². The molecule has 1 aromatic heterocycles. The number of piperazine rings is 1. The Morgan fingerprint density at radius 2 is 1.77 bits per heavy atom. The van der Waals surface area contributed by atoms with Crippen LogP contribution in [0.1, 0.15) is 12.8 Å².